The number of carbonyl (C=O) groups excluding carboxylic acids is 1. The third-order valence-electron chi connectivity index (χ3n) is 2.16. The van der Waals surface area contributed by atoms with E-state index in [1.165, 1.54) is 12.1 Å². The zero-order valence-electron chi connectivity index (χ0n) is 8.40. The van der Waals surface area contributed by atoms with Crippen molar-refractivity contribution in [2.24, 2.45) is 5.16 Å². The lowest BCUT2D eigenvalue weighted by atomic mass is 10.1. The summed E-state index contributed by atoms with van der Waals surface area (Å²) in [5.41, 5.74) is 1.25. The van der Waals surface area contributed by atoms with Crippen molar-refractivity contribution in [1.29, 1.82) is 0 Å². The van der Waals surface area contributed by atoms with Crippen LogP contribution in [0.25, 0.3) is 6.08 Å². The highest BCUT2D eigenvalue weighted by Crippen LogP contribution is 2.25. The van der Waals surface area contributed by atoms with Crippen LogP contribution in [0.15, 0.2) is 28.9 Å². The van der Waals surface area contributed by atoms with Gasteiger partial charge in [-0.25, -0.2) is 4.79 Å². The second kappa shape index (κ2) is 3.98. The number of carbonyl (C=O) groups is 1. The predicted octanol–water partition coefficient (Wildman–Crippen LogP) is 2.36. The Kier molecular flexibility index (Phi) is 2.66. The fourth-order valence-electron chi connectivity index (χ4n) is 1.32. The Morgan fingerprint density at radius 3 is 2.88 bits per heavy atom. The van der Waals surface area contributed by atoms with Crippen LogP contribution in [0, 0.1) is 0 Å². The first-order chi connectivity index (χ1) is 7.58. The summed E-state index contributed by atoms with van der Waals surface area (Å²) in [4.78, 5) is 15.8. The normalized spacial score (nSPS) is 17.5. The van der Waals surface area contributed by atoms with E-state index in [-0.39, 0.29) is 5.75 Å². The number of halogens is 1. The molecule has 1 aromatic rings. The summed E-state index contributed by atoms with van der Waals surface area (Å²) in [6.07, 6.45) is 1.50. The van der Waals surface area contributed by atoms with Gasteiger partial charge in [0.05, 0.1) is 11.3 Å². The van der Waals surface area contributed by atoms with Crippen LogP contribution in [0.5, 0.6) is 5.75 Å². The molecule has 0 aromatic heterocycles. The Morgan fingerprint density at radius 2 is 2.25 bits per heavy atom. The zero-order valence-corrected chi connectivity index (χ0v) is 9.15. The quantitative estimate of drug-likeness (QED) is 0.603. The lowest BCUT2D eigenvalue weighted by molar-refractivity contribution is -0.136. The maximum atomic E-state index is 11.3. The van der Waals surface area contributed by atoms with E-state index in [0.717, 1.165) is 0 Å². The summed E-state index contributed by atoms with van der Waals surface area (Å²) in [6.45, 7) is 1.65. The van der Waals surface area contributed by atoms with Crippen LogP contribution in [0.1, 0.15) is 12.5 Å². The fraction of sp³-hybridized carbons (Fsp3) is 0.0909. The Balaban J connectivity index is 2.46. The Morgan fingerprint density at radius 1 is 1.50 bits per heavy atom. The highest BCUT2D eigenvalue weighted by atomic mass is 35.5. The number of oxime groups is 1. The summed E-state index contributed by atoms with van der Waals surface area (Å²) in [6, 6.07) is 4.58. The van der Waals surface area contributed by atoms with Crippen LogP contribution in [0.2, 0.25) is 5.02 Å². The van der Waals surface area contributed by atoms with Gasteiger partial charge in [-0.15, -0.1) is 0 Å². The average molecular weight is 238 g/mol. The van der Waals surface area contributed by atoms with E-state index >= 15 is 0 Å². The molecule has 16 heavy (non-hydrogen) atoms. The second-order valence-electron chi connectivity index (χ2n) is 3.32. The van der Waals surface area contributed by atoms with Gasteiger partial charge in [0, 0.05) is 10.6 Å². The van der Waals surface area contributed by atoms with Gasteiger partial charge in [-0.05, 0) is 31.2 Å². The van der Waals surface area contributed by atoms with Gasteiger partial charge in [0.25, 0.3) is 0 Å². The Labute approximate surface area is 96.8 Å². The van der Waals surface area contributed by atoms with Gasteiger partial charge in [0.15, 0.2) is 0 Å². The molecule has 0 fully saturated rings. The van der Waals surface area contributed by atoms with Crippen LogP contribution < -0.4 is 0 Å². The molecule has 0 bridgehead atoms. The molecule has 1 aliphatic rings. The molecule has 5 heteroatoms. The van der Waals surface area contributed by atoms with E-state index in [4.69, 9.17) is 11.6 Å². The number of benzene rings is 1. The van der Waals surface area contributed by atoms with Gasteiger partial charge in [-0.3, -0.25) is 0 Å². The van der Waals surface area contributed by atoms with Crippen molar-refractivity contribution < 1.29 is 14.7 Å². The Bertz CT molecular complexity index is 520. The average Bonchev–Trinajstić information content (AvgIpc) is 2.55. The van der Waals surface area contributed by atoms with Gasteiger partial charge >= 0.3 is 5.97 Å². The molecule has 0 saturated carbocycles. The highest BCUT2D eigenvalue weighted by molar-refractivity contribution is 6.31. The van der Waals surface area contributed by atoms with Crippen molar-refractivity contribution in [2.75, 3.05) is 0 Å². The molecule has 0 unspecified atom stereocenters. The third-order valence-corrected chi connectivity index (χ3v) is 2.40. The number of phenolic OH excluding ortho intramolecular Hbond substituents is 1. The van der Waals surface area contributed by atoms with Crippen molar-refractivity contribution in [3.63, 3.8) is 0 Å². The molecule has 0 amide bonds. The number of hydrogen-bond donors (Lipinski definition) is 1. The van der Waals surface area contributed by atoms with E-state index in [9.17, 15) is 9.90 Å². The first-order valence-electron chi connectivity index (χ1n) is 4.54. The topological polar surface area (TPSA) is 58.9 Å². The van der Waals surface area contributed by atoms with Gasteiger partial charge in [0.2, 0.25) is 0 Å². The van der Waals surface area contributed by atoms with Crippen LogP contribution in [-0.2, 0) is 9.63 Å². The molecule has 0 radical (unpaired) electrons. The minimum Gasteiger partial charge on any atom is -0.507 e. The van der Waals surface area contributed by atoms with E-state index < -0.39 is 5.97 Å². The molecule has 82 valence electrons. The number of rotatable bonds is 1. The van der Waals surface area contributed by atoms with Crippen LogP contribution in [-0.4, -0.2) is 16.8 Å². The van der Waals surface area contributed by atoms with Crippen molar-refractivity contribution in [1.82, 2.24) is 0 Å². The van der Waals surface area contributed by atoms with Crippen molar-refractivity contribution in [2.45, 2.75) is 6.92 Å². The molecule has 0 aliphatic carbocycles. The van der Waals surface area contributed by atoms with Crippen molar-refractivity contribution in [3.05, 3.63) is 34.4 Å². The molecule has 0 atom stereocenters. The summed E-state index contributed by atoms with van der Waals surface area (Å²) in [5.74, 6) is -0.485. The number of hydrogen-bond acceptors (Lipinski definition) is 4. The van der Waals surface area contributed by atoms with Gasteiger partial charge in [-0.1, -0.05) is 16.8 Å². The van der Waals surface area contributed by atoms with Crippen LogP contribution in [0.4, 0.5) is 0 Å². The maximum absolute atomic E-state index is 11.3. The highest BCUT2D eigenvalue weighted by Gasteiger charge is 2.22. The van der Waals surface area contributed by atoms with Crippen LogP contribution in [0.3, 0.4) is 0 Å². The lowest BCUT2D eigenvalue weighted by Crippen LogP contribution is -2.01. The largest absolute Gasteiger partial charge is 0.507 e. The minimum absolute atomic E-state index is 0.0457. The molecular formula is C11H8ClNO3. The zero-order chi connectivity index (χ0) is 11.7. The molecule has 1 heterocycles. The van der Waals surface area contributed by atoms with Crippen molar-refractivity contribution in [3.8, 4) is 5.75 Å². The van der Waals surface area contributed by atoms with Crippen LogP contribution >= 0.6 is 11.6 Å². The van der Waals surface area contributed by atoms with E-state index in [0.29, 0.717) is 21.9 Å². The smallest absolute Gasteiger partial charge is 0.367 e. The summed E-state index contributed by atoms with van der Waals surface area (Å²) in [7, 11) is 0. The molecule has 0 spiro atoms. The van der Waals surface area contributed by atoms with E-state index in [1.54, 1.807) is 19.1 Å². The molecule has 1 N–H and O–H groups in total. The fourth-order valence-corrected chi connectivity index (χ4v) is 1.50. The standard InChI is InChI=1S/C11H8ClNO3/c1-6-9(11(15)16-13-6)5-7-4-8(12)2-3-10(7)14/h2-5,14H,1H3/b9-5-. The molecular weight excluding hydrogens is 230 g/mol. The monoisotopic (exact) mass is 237 g/mol. The first-order valence-corrected chi connectivity index (χ1v) is 4.92. The van der Waals surface area contributed by atoms with E-state index in [1.807, 2.05) is 0 Å². The Hall–Kier alpha value is -1.81. The second-order valence-corrected chi connectivity index (χ2v) is 3.75. The molecule has 0 saturated heterocycles. The minimum atomic E-state index is -0.531. The maximum Gasteiger partial charge on any atom is 0.367 e. The van der Waals surface area contributed by atoms with Gasteiger partial charge in [-0.2, -0.15) is 0 Å². The lowest BCUT2D eigenvalue weighted by Gasteiger charge is -2.00. The SMILES string of the molecule is CC1=NOC(=O)/C1=C\c1cc(Cl)ccc1O. The first kappa shape index (κ1) is 10.7. The molecule has 4 nitrogen and oxygen atoms in total. The summed E-state index contributed by atoms with van der Waals surface area (Å²) in [5, 5.41) is 13.6. The summed E-state index contributed by atoms with van der Waals surface area (Å²) >= 11 is 5.79. The third kappa shape index (κ3) is 1.92. The molecule has 1 aromatic carbocycles. The number of aromatic hydroxyl groups is 1. The number of nitrogens with zero attached hydrogens (tertiary/aromatic N) is 1. The van der Waals surface area contributed by atoms with Gasteiger partial charge < -0.3 is 9.94 Å². The number of phenols is 1. The van der Waals surface area contributed by atoms with Crippen molar-refractivity contribution >= 4 is 29.4 Å². The molecule has 2 rings (SSSR count). The molecule has 1 aliphatic heterocycles. The predicted molar refractivity (Wildman–Crippen MR) is 60.3 cm³/mol. The van der Waals surface area contributed by atoms with E-state index in [2.05, 4.69) is 9.99 Å². The summed E-state index contributed by atoms with van der Waals surface area (Å²) < 4.78 is 0. The van der Waals surface area contributed by atoms with Gasteiger partial charge in [0.1, 0.15) is 5.75 Å².